The quantitative estimate of drug-likeness (QED) is 0.609. The summed E-state index contributed by atoms with van der Waals surface area (Å²) in [6.45, 7) is 0. The van der Waals surface area contributed by atoms with Gasteiger partial charge in [-0.25, -0.2) is 4.39 Å². The summed E-state index contributed by atoms with van der Waals surface area (Å²) in [5.74, 6) is 2.51. The van der Waals surface area contributed by atoms with Gasteiger partial charge < -0.3 is 0 Å². The molecule has 2 aromatic heterocycles. The molecule has 4 heteroatoms. The molecule has 3 rings (SSSR count). The molecule has 0 radical (unpaired) electrons. The van der Waals surface area contributed by atoms with Gasteiger partial charge in [0.2, 0.25) is 5.82 Å². The molecule has 0 aliphatic heterocycles. The first-order chi connectivity index (χ1) is 8.81. The van der Waals surface area contributed by atoms with E-state index in [2.05, 4.69) is 16.1 Å². The van der Waals surface area contributed by atoms with Gasteiger partial charge in [0.05, 0.1) is 5.69 Å². The molecule has 0 atom stereocenters. The van der Waals surface area contributed by atoms with Crippen LogP contribution in [0.15, 0.2) is 42.5 Å². The highest BCUT2D eigenvalue weighted by Crippen LogP contribution is 2.23. The van der Waals surface area contributed by atoms with Gasteiger partial charge in [0.15, 0.2) is 5.65 Å². The third kappa shape index (κ3) is 1.45. The minimum atomic E-state index is -0.304. The van der Waals surface area contributed by atoms with Crippen LogP contribution >= 0.6 is 0 Å². The zero-order valence-corrected chi connectivity index (χ0v) is 9.34. The molecule has 0 amide bonds. The third-order valence-electron chi connectivity index (χ3n) is 2.71. The smallest absolute Gasteiger partial charge is 0.212 e. The fourth-order valence-corrected chi connectivity index (χ4v) is 1.91. The van der Waals surface area contributed by atoms with E-state index in [9.17, 15) is 4.39 Å². The average Bonchev–Trinajstić information content (AvgIpc) is 2.82. The summed E-state index contributed by atoms with van der Waals surface area (Å²) in [5.41, 5.74) is 1.71. The van der Waals surface area contributed by atoms with Crippen molar-refractivity contribution >= 4 is 5.65 Å². The lowest BCUT2D eigenvalue weighted by atomic mass is 10.1. The molecular weight excluding hydrogens is 229 g/mol. The van der Waals surface area contributed by atoms with E-state index >= 15 is 0 Å². The van der Waals surface area contributed by atoms with Crippen molar-refractivity contribution in [3.8, 4) is 23.6 Å². The Hall–Kier alpha value is -2.67. The van der Waals surface area contributed by atoms with E-state index in [1.165, 1.54) is 6.07 Å². The van der Waals surface area contributed by atoms with Crippen LogP contribution in [0.5, 0.6) is 0 Å². The lowest BCUT2D eigenvalue weighted by molar-refractivity contribution is 0.630. The predicted molar refractivity (Wildman–Crippen MR) is 66.3 cm³/mol. The first kappa shape index (κ1) is 10.5. The van der Waals surface area contributed by atoms with E-state index in [1.807, 2.05) is 0 Å². The summed E-state index contributed by atoms with van der Waals surface area (Å²) in [6, 6.07) is 11.9. The van der Waals surface area contributed by atoms with Crippen molar-refractivity contribution in [3.05, 3.63) is 54.1 Å². The van der Waals surface area contributed by atoms with Gasteiger partial charge in [-0.15, -0.1) is 16.6 Å². The van der Waals surface area contributed by atoms with Gasteiger partial charge in [-0.1, -0.05) is 18.2 Å². The molecule has 0 aliphatic carbocycles. The minimum absolute atomic E-state index is 0.304. The number of nitrogens with zero attached hydrogens (tertiary/aromatic N) is 3. The maximum atomic E-state index is 13.8. The second-order valence-corrected chi connectivity index (χ2v) is 3.75. The van der Waals surface area contributed by atoms with Crippen molar-refractivity contribution in [1.82, 2.24) is 14.6 Å². The summed E-state index contributed by atoms with van der Waals surface area (Å²) >= 11 is 0. The number of fused-ring (bicyclic) bond motifs is 1. The fraction of sp³-hybridized carbons (Fsp3) is 0. The number of aromatic nitrogens is 3. The summed E-state index contributed by atoms with van der Waals surface area (Å²) in [6.07, 6.45) is 5.38. The van der Waals surface area contributed by atoms with Crippen LogP contribution in [0.3, 0.4) is 0 Å². The molecule has 3 nitrogen and oxygen atoms in total. The van der Waals surface area contributed by atoms with Crippen LogP contribution in [0.25, 0.3) is 16.9 Å². The van der Waals surface area contributed by atoms with Gasteiger partial charge in [0.25, 0.3) is 0 Å². The van der Waals surface area contributed by atoms with E-state index in [0.29, 0.717) is 22.7 Å². The van der Waals surface area contributed by atoms with Gasteiger partial charge in [-0.3, -0.25) is 4.40 Å². The maximum absolute atomic E-state index is 13.8. The molecule has 0 N–H and O–H groups in total. The second-order valence-electron chi connectivity index (χ2n) is 3.75. The number of rotatable bonds is 1. The first-order valence-electron chi connectivity index (χ1n) is 5.37. The minimum Gasteiger partial charge on any atom is -0.268 e. The second kappa shape index (κ2) is 3.97. The van der Waals surface area contributed by atoms with Gasteiger partial charge in [-0.05, 0) is 30.2 Å². The van der Waals surface area contributed by atoms with E-state index in [0.717, 1.165) is 0 Å². The van der Waals surface area contributed by atoms with Crippen LogP contribution in [-0.4, -0.2) is 14.6 Å². The van der Waals surface area contributed by atoms with Crippen molar-refractivity contribution in [2.45, 2.75) is 0 Å². The van der Waals surface area contributed by atoms with E-state index in [4.69, 9.17) is 6.42 Å². The molecule has 0 fully saturated rings. The Labute approximate surface area is 103 Å². The van der Waals surface area contributed by atoms with E-state index in [1.54, 1.807) is 40.8 Å². The van der Waals surface area contributed by atoms with Crippen LogP contribution in [0.4, 0.5) is 4.39 Å². The summed E-state index contributed by atoms with van der Waals surface area (Å²) in [4.78, 5) is 0. The molecule has 0 saturated heterocycles. The fourth-order valence-electron chi connectivity index (χ4n) is 1.91. The van der Waals surface area contributed by atoms with Gasteiger partial charge in [0, 0.05) is 5.56 Å². The number of halogens is 1. The van der Waals surface area contributed by atoms with E-state index < -0.39 is 0 Å². The highest BCUT2D eigenvalue weighted by atomic mass is 19.1. The monoisotopic (exact) mass is 237 g/mol. The van der Waals surface area contributed by atoms with Crippen molar-refractivity contribution in [2.24, 2.45) is 0 Å². The molecule has 2 heterocycles. The zero-order valence-electron chi connectivity index (χ0n) is 9.34. The molecule has 0 spiro atoms. The Balaban J connectivity index is 2.40. The molecule has 3 aromatic rings. The summed E-state index contributed by atoms with van der Waals surface area (Å²) in [7, 11) is 0. The molecule has 18 heavy (non-hydrogen) atoms. The average molecular weight is 237 g/mol. The number of terminal acetylenes is 1. The molecule has 0 aliphatic rings. The van der Waals surface area contributed by atoms with Gasteiger partial charge >= 0.3 is 0 Å². The molecule has 0 saturated carbocycles. The van der Waals surface area contributed by atoms with Gasteiger partial charge in [0.1, 0.15) is 5.82 Å². The molecular formula is C14H8FN3. The first-order valence-corrected chi connectivity index (χ1v) is 5.37. The van der Waals surface area contributed by atoms with Crippen molar-refractivity contribution in [1.29, 1.82) is 0 Å². The molecule has 1 aromatic carbocycles. The Bertz CT molecular complexity index is 768. The number of hydrogen-bond acceptors (Lipinski definition) is 2. The molecule has 0 unspecified atom stereocenters. The molecule has 86 valence electrons. The van der Waals surface area contributed by atoms with E-state index in [-0.39, 0.29) is 5.82 Å². The predicted octanol–water partition coefficient (Wildman–Crippen LogP) is 2.52. The summed E-state index contributed by atoms with van der Waals surface area (Å²) in [5, 5.41) is 7.84. The van der Waals surface area contributed by atoms with Gasteiger partial charge in [-0.2, -0.15) is 0 Å². The SMILES string of the molecule is C#Cc1nnc2cccc(-c3ccccc3F)n12. The Kier molecular flexibility index (Phi) is 2.31. The zero-order chi connectivity index (χ0) is 12.5. The van der Waals surface area contributed by atoms with Crippen LogP contribution in [0, 0.1) is 18.2 Å². The van der Waals surface area contributed by atoms with Crippen molar-refractivity contribution < 1.29 is 4.39 Å². The largest absolute Gasteiger partial charge is 0.268 e. The van der Waals surface area contributed by atoms with Crippen LogP contribution in [0.1, 0.15) is 5.82 Å². The number of benzene rings is 1. The summed E-state index contributed by atoms with van der Waals surface area (Å²) < 4.78 is 15.5. The maximum Gasteiger partial charge on any atom is 0.212 e. The highest BCUT2D eigenvalue weighted by Gasteiger charge is 2.11. The van der Waals surface area contributed by atoms with Crippen LogP contribution < -0.4 is 0 Å². The van der Waals surface area contributed by atoms with Crippen molar-refractivity contribution in [3.63, 3.8) is 0 Å². The Morgan fingerprint density at radius 1 is 1.06 bits per heavy atom. The Morgan fingerprint density at radius 3 is 2.67 bits per heavy atom. The lowest BCUT2D eigenvalue weighted by Gasteiger charge is -2.06. The van der Waals surface area contributed by atoms with Crippen LogP contribution in [0.2, 0.25) is 0 Å². The molecule has 0 bridgehead atoms. The topological polar surface area (TPSA) is 30.2 Å². The number of pyridine rings is 1. The highest BCUT2D eigenvalue weighted by molar-refractivity contribution is 5.65. The van der Waals surface area contributed by atoms with Crippen LogP contribution in [-0.2, 0) is 0 Å². The number of hydrogen-bond donors (Lipinski definition) is 0. The van der Waals surface area contributed by atoms with Crippen molar-refractivity contribution in [2.75, 3.05) is 0 Å². The lowest BCUT2D eigenvalue weighted by Crippen LogP contribution is -1.96. The Morgan fingerprint density at radius 2 is 1.89 bits per heavy atom. The third-order valence-corrected chi connectivity index (χ3v) is 2.71. The standard InChI is InChI=1S/C14H8FN3/c1-2-13-16-17-14-9-5-8-12(18(13)14)10-6-3-4-7-11(10)15/h1,3-9H. The normalized spacial score (nSPS) is 10.4.